The van der Waals surface area contributed by atoms with Crippen LogP contribution < -0.4 is 0 Å². The minimum atomic E-state index is -0.0178. The van der Waals surface area contributed by atoms with E-state index < -0.39 is 0 Å². The molecule has 0 radical (unpaired) electrons. The van der Waals surface area contributed by atoms with Gasteiger partial charge in [-0.3, -0.25) is 9.69 Å². The standard InChI is InChI=1S/C17H32N2O2/c1-3-8-16(17(20)21-4-2)19-13-9-15(10-14-19)18-11-6-5-7-12-18/h15-16H,3-14H2,1-2H3. The van der Waals surface area contributed by atoms with Crippen LogP contribution >= 0.6 is 0 Å². The van der Waals surface area contributed by atoms with Gasteiger partial charge in [-0.15, -0.1) is 0 Å². The summed E-state index contributed by atoms with van der Waals surface area (Å²) in [6.07, 6.45) is 8.50. The predicted octanol–water partition coefficient (Wildman–Crippen LogP) is 2.67. The Morgan fingerprint density at radius 2 is 1.76 bits per heavy atom. The van der Waals surface area contributed by atoms with Gasteiger partial charge in [0, 0.05) is 19.1 Å². The molecule has 0 aromatic rings. The molecule has 21 heavy (non-hydrogen) atoms. The monoisotopic (exact) mass is 296 g/mol. The summed E-state index contributed by atoms with van der Waals surface area (Å²) in [6.45, 7) is 9.18. The Hall–Kier alpha value is -0.610. The third kappa shape index (κ3) is 4.68. The first-order valence-electron chi connectivity index (χ1n) is 8.91. The van der Waals surface area contributed by atoms with Crippen LogP contribution in [-0.4, -0.2) is 60.6 Å². The van der Waals surface area contributed by atoms with Crippen molar-refractivity contribution in [3.63, 3.8) is 0 Å². The molecule has 0 aliphatic carbocycles. The zero-order valence-electron chi connectivity index (χ0n) is 13.9. The van der Waals surface area contributed by atoms with Gasteiger partial charge in [-0.25, -0.2) is 0 Å². The molecule has 122 valence electrons. The van der Waals surface area contributed by atoms with Crippen molar-refractivity contribution < 1.29 is 9.53 Å². The smallest absolute Gasteiger partial charge is 0.323 e. The normalized spacial score (nSPS) is 23.9. The topological polar surface area (TPSA) is 32.8 Å². The zero-order valence-corrected chi connectivity index (χ0v) is 13.9. The number of hydrogen-bond donors (Lipinski definition) is 0. The van der Waals surface area contributed by atoms with E-state index in [1.807, 2.05) is 6.92 Å². The summed E-state index contributed by atoms with van der Waals surface area (Å²) in [5.74, 6) is -0.0178. The van der Waals surface area contributed by atoms with Crippen LogP contribution in [0.2, 0.25) is 0 Å². The molecule has 0 amide bonds. The van der Waals surface area contributed by atoms with Crippen molar-refractivity contribution in [1.29, 1.82) is 0 Å². The molecule has 0 spiro atoms. The van der Waals surface area contributed by atoms with E-state index in [4.69, 9.17) is 4.74 Å². The highest BCUT2D eigenvalue weighted by Crippen LogP contribution is 2.23. The quantitative estimate of drug-likeness (QED) is 0.706. The van der Waals surface area contributed by atoms with Gasteiger partial charge in [-0.05, 0) is 52.1 Å². The van der Waals surface area contributed by atoms with Gasteiger partial charge >= 0.3 is 5.97 Å². The van der Waals surface area contributed by atoms with Crippen molar-refractivity contribution in [3.8, 4) is 0 Å². The molecule has 2 aliphatic heterocycles. The fraction of sp³-hybridized carbons (Fsp3) is 0.941. The van der Waals surface area contributed by atoms with Gasteiger partial charge in [0.2, 0.25) is 0 Å². The van der Waals surface area contributed by atoms with Crippen molar-refractivity contribution >= 4 is 5.97 Å². The Labute approximate surface area is 129 Å². The Morgan fingerprint density at radius 3 is 2.33 bits per heavy atom. The minimum absolute atomic E-state index is 0.0164. The van der Waals surface area contributed by atoms with Crippen molar-refractivity contribution in [2.45, 2.75) is 70.9 Å². The Morgan fingerprint density at radius 1 is 1.10 bits per heavy atom. The molecule has 0 aromatic heterocycles. The number of esters is 1. The van der Waals surface area contributed by atoms with Crippen LogP contribution in [0.1, 0.15) is 58.8 Å². The number of rotatable bonds is 6. The van der Waals surface area contributed by atoms with E-state index in [1.54, 1.807) is 0 Å². The van der Waals surface area contributed by atoms with E-state index in [9.17, 15) is 4.79 Å². The molecule has 0 aromatic carbocycles. The van der Waals surface area contributed by atoms with Crippen LogP contribution in [0.25, 0.3) is 0 Å². The third-order valence-corrected chi connectivity index (χ3v) is 4.97. The highest BCUT2D eigenvalue weighted by atomic mass is 16.5. The fourth-order valence-corrected chi connectivity index (χ4v) is 3.81. The number of ether oxygens (including phenoxy) is 1. The first-order valence-corrected chi connectivity index (χ1v) is 8.91. The molecule has 2 rings (SSSR count). The van der Waals surface area contributed by atoms with E-state index >= 15 is 0 Å². The zero-order chi connectivity index (χ0) is 15.1. The van der Waals surface area contributed by atoms with E-state index in [2.05, 4.69) is 16.7 Å². The van der Waals surface area contributed by atoms with Crippen molar-refractivity contribution in [3.05, 3.63) is 0 Å². The summed E-state index contributed by atoms with van der Waals surface area (Å²) in [4.78, 5) is 17.2. The maximum Gasteiger partial charge on any atom is 0.323 e. The average molecular weight is 296 g/mol. The van der Waals surface area contributed by atoms with Crippen LogP contribution in [0.5, 0.6) is 0 Å². The van der Waals surface area contributed by atoms with Crippen molar-refractivity contribution in [1.82, 2.24) is 9.80 Å². The third-order valence-electron chi connectivity index (χ3n) is 4.97. The van der Waals surface area contributed by atoms with E-state index in [-0.39, 0.29) is 12.0 Å². The van der Waals surface area contributed by atoms with E-state index in [0.717, 1.165) is 32.0 Å². The Kier molecular flexibility index (Phi) is 6.97. The maximum absolute atomic E-state index is 12.1. The molecule has 2 saturated heterocycles. The minimum Gasteiger partial charge on any atom is -0.465 e. The first-order chi connectivity index (χ1) is 10.3. The summed E-state index contributed by atoms with van der Waals surface area (Å²) in [5.41, 5.74) is 0. The number of carbonyl (C=O) groups is 1. The van der Waals surface area contributed by atoms with Gasteiger partial charge in [-0.2, -0.15) is 0 Å². The number of piperidine rings is 2. The molecule has 0 N–H and O–H groups in total. The summed E-state index contributed by atoms with van der Waals surface area (Å²) in [6, 6.07) is 0.725. The number of likely N-dealkylation sites (tertiary alicyclic amines) is 2. The van der Waals surface area contributed by atoms with Crippen LogP contribution in [0, 0.1) is 0 Å². The van der Waals surface area contributed by atoms with Gasteiger partial charge in [0.25, 0.3) is 0 Å². The van der Waals surface area contributed by atoms with Gasteiger partial charge in [0.15, 0.2) is 0 Å². The molecule has 4 heteroatoms. The van der Waals surface area contributed by atoms with Gasteiger partial charge < -0.3 is 9.64 Å². The molecule has 0 saturated carbocycles. The lowest BCUT2D eigenvalue weighted by Crippen LogP contribution is -2.51. The van der Waals surface area contributed by atoms with Crippen LogP contribution in [0.15, 0.2) is 0 Å². The highest BCUT2D eigenvalue weighted by molar-refractivity contribution is 5.75. The van der Waals surface area contributed by atoms with Crippen LogP contribution in [0.3, 0.4) is 0 Å². The molecule has 0 bridgehead atoms. The molecule has 2 heterocycles. The molecular weight excluding hydrogens is 264 g/mol. The molecular formula is C17H32N2O2. The van der Waals surface area contributed by atoms with Crippen LogP contribution in [-0.2, 0) is 9.53 Å². The molecule has 1 atom stereocenters. The average Bonchev–Trinajstić information content (AvgIpc) is 2.54. The summed E-state index contributed by atoms with van der Waals surface area (Å²) < 4.78 is 5.26. The summed E-state index contributed by atoms with van der Waals surface area (Å²) in [5, 5.41) is 0. The van der Waals surface area contributed by atoms with Crippen molar-refractivity contribution in [2.75, 3.05) is 32.8 Å². The number of nitrogens with zero attached hydrogens (tertiary/aromatic N) is 2. The van der Waals surface area contributed by atoms with Gasteiger partial charge in [0.05, 0.1) is 6.61 Å². The summed E-state index contributed by atoms with van der Waals surface area (Å²) >= 11 is 0. The Balaban J connectivity index is 1.83. The SMILES string of the molecule is CCCC(C(=O)OCC)N1CCC(N2CCCCC2)CC1. The van der Waals surface area contributed by atoms with E-state index in [1.165, 1.54) is 45.2 Å². The lowest BCUT2D eigenvalue weighted by atomic mass is 9.98. The highest BCUT2D eigenvalue weighted by Gasteiger charge is 2.32. The second-order valence-electron chi connectivity index (χ2n) is 6.42. The first kappa shape index (κ1) is 16.8. The van der Waals surface area contributed by atoms with Crippen LogP contribution in [0.4, 0.5) is 0 Å². The Bertz CT molecular complexity index is 308. The maximum atomic E-state index is 12.1. The second kappa shape index (κ2) is 8.74. The predicted molar refractivity (Wildman–Crippen MR) is 85.3 cm³/mol. The molecule has 2 aliphatic rings. The van der Waals surface area contributed by atoms with Gasteiger partial charge in [0.1, 0.15) is 6.04 Å². The summed E-state index contributed by atoms with van der Waals surface area (Å²) in [7, 11) is 0. The van der Waals surface area contributed by atoms with Crippen molar-refractivity contribution in [2.24, 2.45) is 0 Å². The molecule has 4 nitrogen and oxygen atoms in total. The lowest BCUT2D eigenvalue weighted by molar-refractivity contribution is -0.150. The number of hydrogen-bond acceptors (Lipinski definition) is 4. The lowest BCUT2D eigenvalue weighted by Gasteiger charge is -2.42. The van der Waals surface area contributed by atoms with Gasteiger partial charge in [-0.1, -0.05) is 19.8 Å². The largest absolute Gasteiger partial charge is 0.465 e. The van der Waals surface area contributed by atoms with E-state index in [0.29, 0.717) is 6.61 Å². The second-order valence-corrected chi connectivity index (χ2v) is 6.42. The molecule has 2 fully saturated rings. The fourth-order valence-electron chi connectivity index (χ4n) is 3.81. The molecule has 1 unspecified atom stereocenters. The number of carbonyl (C=O) groups excluding carboxylic acids is 1.